The van der Waals surface area contributed by atoms with Crippen LogP contribution in [0.5, 0.6) is 0 Å². The lowest BCUT2D eigenvalue weighted by atomic mass is 9.87. The molecule has 4 aromatic rings. The monoisotopic (exact) mass is 360 g/mol. The second kappa shape index (κ2) is 6.16. The topological polar surface area (TPSA) is 73.8 Å². The minimum absolute atomic E-state index is 0.0692. The van der Waals surface area contributed by atoms with Crippen LogP contribution in [0.25, 0.3) is 34.1 Å². The first kappa shape index (κ1) is 17.1. The van der Waals surface area contributed by atoms with Crippen molar-refractivity contribution >= 4 is 11.0 Å². The van der Waals surface area contributed by atoms with Crippen LogP contribution < -0.4 is 5.56 Å². The minimum atomic E-state index is -0.271. The van der Waals surface area contributed by atoms with Gasteiger partial charge in [0, 0.05) is 12.6 Å². The molecule has 0 fully saturated rings. The molecule has 2 heterocycles. The number of hydrogen-bond acceptors (Lipinski definition) is 5. The van der Waals surface area contributed by atoms with Crippen LogP contribution in [-0.2, 0) is 12.5 Å². The van der Waals surface area contributed by atoms with Crippen LogP contribution in [0, 0.1) is 0 Å². The van der Waals surface area contributed by atoms with Gasteiger partial charge in [0.25, 0.3) is 11.4 Å². The molecular formula is C21H20N4O2. The van der Waals surface area contributed by atoms with Crippen molar-refractivity contribution in [1.29, 1.82) is 0 Å². The van der Waals surface area contributed by atoms with E-state index in [4.69, 9.17) is 4.42 Å². The molecule has 6 nitrogen and oxygen atoms in total. The van der Waals surface area contributed by atoms with E-state index in [1.807, 2.05) is 48.5 Å². The average molecular weight is 360 g/mol. The second-order valence-electron chi connectivity index (χ2n) is 7.55. The van der Waals surface area contributed by atoms with E-state index in [9.17, 15) is 4.79 Å². The fourth-order valence-corrected chi connectivity index (χ4v) is 2.97. The molecule has 0 saturated heterocycles. The molecule has 0 atom stereocenters. The van der Waals surface area contributed by atoms with E-state index in [1.54, 1.807) is 11.6 Å². The van der Waals surface area contributed by atoms with Crippen molar-refractivity contribution in [3.05, 3.63) is 64.4 Å². The maximum atomic E-state index is 12.7. The molecule has 0 unspecified atom stereocenters. The maximum absolute atomic E-state index is 12.7. The van der Waals surface area contributed by atoms with Crippen LogP contribution in [0.3, 0.4) is 0 Å². The first-order valence-electron chi connectivity index (χ1n) is 8.75. The third-order valence-electron chi connectivity index (χ3n) is 4.61. The van der Waals surface area contributed by atoms with Gasteiger partial charge in [-0.15, -0.1) is 10.2 Å². The van der Waals surface area contributed by atoms with E-state index in [1.165, 1.54) is 5.56 Å². The van der Waals surface area contributed by atoms with Gasteiger partial charge in [-0.05, 0) is 35.2 Å². The smallest absolute Gasteiger partial charge is 0.282 e. The lowest BCUT2D eigenvalue weighted by Gasteiger charge is -2.18. The molecule has 0 saturated carbocycles. The molecule has 0 aliphatic heterocycles. The number of aromatic nitrogens is 4. The predicted molar refractivity (Wildman–Crippen MR) is 104 cm³/mol. The molecule has 2 aromatic heterocycles. The number of para-hydroxylation sites is 2. The summed E-state index contributed by atoms with van der Waals surface area (Å²) in [5.41, 5.74) is 3.43. The summed E-state index contributed by atoms with van der Waals surface area (Å²) >= 11 is 0. The molecule has 0 N–H and O–H groups in total. The zero-order valence-electron chi connectivity index (χ0n) is 15.7. The van der Waals surface area contributed by atoms with Crippen molar-refractivity contribution in [1.82, 2.24) is 19.7 Å². The summed E-state index contributed by atoms with van der Waals surface area (Å²) in [6.45, 7) is 6.48. The van der Waals surface area contributed by atoms with Crippen LogP contribution in [0.1, 0.15) is 26.3 Å². The van der Waals surface area contributed by atoms with Gasteiger partial charge in [-0.1, -0.05) is 45.0 Å². The molecule has 136 valence electrons. The van der Waals surface area contributed by atoms with Gasteiger partial charge >= 0.3 is 0 Å². The third kappa shape index (κ3) is 3.03. The van der Waals surface area contributed by atoms with Gasteiger partial charge in [0.05, 0.1) is 11.0 Å². The van der Waals surface area contributed by atoms with Gasteiger partial charge < -0.3 is 8.98 Å². The summed E-state index contributed by atoms with van der Waals surface area (Å²) in [7, 11) is 1.71. The molecular weight excluding hydrogens is 340 g/mol. The summed E-state index contributed by atoms with van der Waals surface area (Å²) in [4.78, 5) is 17.1. The van der Waals surface area contributed by atoms with E-state index in [0.29, 0.717) is 11.4 Å². The zero-order valence-corrected chi connectivity index (χ0v) is 15.7. The Morgan fingerprint density at radius 3 is 2.30 bits per heavy atom. The van der Waals surface area contributed by atoms with E-state index in [0.717, 1.165) is 11.1 Å². The normalized spacial score (nSPS) is 11.9. The molecule has 0 aliphatic carbocycles. The standard InChI is InChI=1S/C21H20N4O2/c1-21(2,3)14-11-9-13(10-12-14)18-23-24-19(27-18)17-20(26)25(4)16-8-6-5-7-15(16)22-17/h5-12H,1-4H3. The Kier molecular flexibility index (Phi) is 3.91. The Morgan fingerprint density at radius 1 is 0.926 bits per heavy atom. The molecule has 2 aromatic carbocycles. The number of rotatable bonds is 2. The number of hydrogen-bond donors (Lipinski definition) is 0. The van der Waals surface area contributed by atoms with Gasteiger partial charge in [-0.25, -0.2) is 4.98 Å². The van der Waals surface area contributed by atoms with E-state index in [-0.39, 0.29) is 22.6 Å². The van der Waals surface area contributed by atoms with E-state index >= 15 is 0 Å². The van der Waals surface area contributed by atoms with Crippen LogP contribution >= 0.6 is 0 Å². The Labute approximate surface area is 156 Å². The summed E-state index contributed by atoms with van der Waals surface area (Å²) < 4.78 is 7.31. The predicted octanol–water partition coefficient (Wildman–Crippen LogP) is 3.95. The Balaban J connectivity index is 1.76. The SMILES string of the molecule is Cn1c(=O)c(-c2nnc(-c3ccc(C(C)(C)C)cc3)o2)nc2ccccc21. The molecule has 0 aliphatic rings. The van der Waals surface area contributed by atoms with Gasteiger partial charge in [0.15, 0.2) is 5.69 Å². The summed E-state index contributed by atoms with van der Waals surface area (Å²) in [5, 5.41) is 8.15. The van der Waals surface area contributed by atoms with Crippen molar-refractivity contribution in [3.8, 4) is 23.0 Å². The van der Waals surface area contributed by atoms with Gasteiger partial charge in [-0.3, -0.25) is 4.79 Å². The van der Waals surface area contributed by atoms with Crippen LogP contribution in [0.15, 0.2) is 57.7 Å². The average Bonchev–Trinajstić information content (AvgIpc) is 3.14. The molecule has 0 bridgehead atoms. The van der Waals surface area contributed by atoms with Gasteiger partial charge in [0.1, 0.15) is 0 Å². The molecule has 0 amide bonds. The number of nitrogens with zero attached hydrogens (tertiary/aromatic N) is 4. The van der Waals surface area contributed by atoms with Crippen molar-refractivity contribution in [2.45, 2.75) is 26.2 Å². The van der Waals surface area contributed by atoms with Crippen LogP contribution in [-0.4, -0.2) is 19.7 Å². The highest BCUT2D eigenvalue weighted by atomic mass is 16.4. The molecule has 0 radical (unpaired) electrons. The second-order valence-corrected chi connectivity index (χ2v) is 7.55. The summed E-state index contributed by atoms with van der Waals surface area (Å²) in [5.74, 6) is 0.485. The first-order valence-corrected chi connectivity index (χ1v) is 8.75. The summed E-state index contributed by atoms with van der Waals surface area (Å²) in [6.07, 6.45) is 0. The Hall–Kier alpha value is -3.28. The third-order valence-corrected chi connectivity index (χ3v) is 4.61. The Bertz CT molecular complexity index is 1180. The van der Waals surface area contributed by atoms with Crippen LogP contribution in [0.2, 0.25) is 0 Å². The summed E-state index contributed by atoms with van der Waals surface area (Å²) in [6, 6.07) is 15.4. The highest BCUT2D eigenvalue weighted by molar-refractivity contribution is 5.76. The van der Waals surface area contributed by atoms with Gasteiger partial charge in [0.2, 0.25) is 5.89 Å². The highest BCUT2D eigenvalue weighted by Crippen LogP contribution is 2.27. The first-order chi connectivity index (χ1) is 12.8. The molecule has 27 heavy (non-hydrogen) atoms. The van der Waals surface area contributed by atoms with Crippen molar-refractivity contribution in [2.75, 3.05) is 0 Å². The fraction of sp³-hybridized carbons (Fsp3) is 0.238. The molecule has 6 heteroatoms. The number of fused-ring (bicyclic) bond motifs is 1. The maximum Gasteiger partial charge on any atom is 0.282 e. The quantitative estimate of drug-likeness (QED) is 0.541. The van der Waals surface area contributed by atoms with Crippen molar-refractivity contribution in [2.24, 2.45) is 7.05 Å². The largest absolute Gasteiger partial charge is 0.414 e. The van der Waals surface area contributed by atoms with Crippen LogP contribution in [0.4, 0.5) is 0 Å². The van der Waals surface area contributed by atoms with Gasteiger partial charge in [-0.2, -0.15) is 0 Å². The zero-order chi connectivity index (χ0) is 19.2. The van der Waals surface area contributed by atoms with Crippen molar-refractivity contribution in [3.63, 3.8) is 0 Å². The number of aryl methyl sites for hydroxylation is 1. The highest BCUT2D eigenvalue weighted by Gasteiger charge is 2.18. The van der Waals surface area contributed by atoms with Crippen molar-refractivity contribution < 1.29 is 4.42 Å². The fourth-order valence-electron chi connectivity index (χ4n) is 2.97. The lowest BCUT2D eigenvalue weighted by Crippen LogP contribution is -2.20. The van der Waals surface area contributed by atoms with E-state index in [2.05, 4.69) is 36.0 Å². The van der Waals surface area contributed by atoms with E-state index < -0.39 is 0 Å². The molecule has 0 spiro atoms. The minimum Gasteiger partial charge on any atom is -0.414 e. The number of benzene rings is 2. The Morgan fingerprint density at radius 2 is 1.59 bits per heavy atom. The lowest BCUT2D eigenvalue weighted by molar-refractivity contribution is 0.578. The molecule has 4 rings (SSSR count).